The minimum Gasteiger partial charge on any atom is -0.393 e. The van der Waals surface area contributed by atoms with E-state index in [-0.39, 0.29) is 60.0 Å². The van der Waals surface area contributed by atoms with Gasteiger partial charge in [0.2, 0.25) is 11.8 Å². The predicted molar refractivity (Wildman–Crippen MR) is 241 cm³/mol. The number of amides is 4. The Morgan fingerprint density at radius 2 is 1.10 bits per heavy atom. The first-order valence-electron chi connectivity index (χ1n) is 23.0. The second kappa shape index (κ2) is 19.5. The number of aromatic amines is 2. The van der Waals surface area contributed by atoms with Crippen molar-refractivity contribution in [1.29, 1.82) is 0 Å². The van der Waals surface area contributed by atoms with Gasteiger partial charge in [-0.2, -0.15) is 0 Å². The Morgan fingerprint density at radius 3 is 1.56 bits per heavy atom. The van der Waals surface area contributed by atoms with Crippen LogP contribution in [0.4, 0.5) is 4.79 Å². The molecule has 0 unspecified atom stereocenters. The van der Waals surface area contributed by atoms with Crippen molar-refractivity contribution in [3.63, 3.8) is 0 Å². The van der Waals surface area contributed by atoms with E-state index in [2.05, 4.69) is 45.9 Å². The summed E-state index contributed by atoms with van der Waals surface area (Å²) in [5.74, 6) is 8.25. The third-order valence-electron chi connectivity index (χ3n) is 13.4. The molecule has 4 aliphatic heterocycles. The first-order chi connectivity index (χ1) is 30.4. The van der Waals surface area contributed by atoms with Crippen molar-refractivity contribution in [2.75, 3.05) is 39.3 Å². The molecule has 2 aromatic carbocycles. The second-order valence-corrected chi connectivity index (χ2v) is 18.5. The van der Waals surface area contributed by atoms with E-state index in [1.165, 1.54) is 0 Å². The predicted octanol–water partition coefficient (Wildman–Crippen LogP) is 5.87. The van der Waals surface area contributed by atoms with Crippen LogP contribution in [0.15, 0.2) is 60.9 Å². The van der Waals surface area contributed by atoms with Gasteiger partial charge in [-0.3, -0.25) is 14.5 Å². The number of aromatic nitrogens is 4. The van der Waals surface area contributed by atoms with E-state index in [1.54, 1.807) is 4.90 Å². The van der Waals surface area contributed by atoms with E-state index in [4.69, 9.17) is 9.97 Å². The highest BCUT2D eigenvalue weighted by Gasteiger charge is 2.41. The van der Waals surface area contributed by atoms with Crippen LogP contribution in [0.25, 0.3) is 22.5 Å². The third-order valence-corrected chi connectivity index (χ3v) is 13.4. The summed E-state index contributed by atoms with van der Waals surface area (Å²) in [7, 11) is 0. The van der Waals surface area contributed by atoms with Crippen LogP contribution in [0.5, 0.6) is 0 Å². The van der Waals surface area contributed by atoms with Gasteiger partial charge in [-0.1, -0.05) is 63.8 Å². The summed E-state index contributed by atoms with van der Waals surface area (Å²) in [5, 5.41) is 22.9. The maximum Gasteiger partial charge on any atom is 0.318 e. The Kier molecular flexibility index (Phi) is 13.7. The van der Waals surface area contributed by atoms with Crippen molar-refractivity contribution in [3.8, 4) is 34.4 Å². The Labute approximate surface area is 370 Å². The molecular formula is C49H63N9O5. The molecular weight excluding hydrogens is 795 g/mol. The molecule has 0 radical (unpaired) electrons. The molecule has 63 heavy (non-hydrogen) atoms. The van der Waals surface area contributed by atoms with Crippen molar-refractivity contribution in [3.05, 3.63) is 83.7 Å². The second-order valence-electron chi connectivity index (χ2n) is 18.5. The molecule has 4 amide bonds. The average Bonchev–Trinajstić information content (AvgIpc) is 4.13. The minimum absolute atomic E-state index is 0.0877. The maximum atomic E-state index is 14.0. The van der Waals surface area contributed by atoms with Crippen molar-refractivity contribution >= 4 is 17.8 Å². The Hall–Kier alpha value is -5.49. The molecule has 4 aliphatic rings. The number of nitrogens with one attached hydrogen (secondary N) is 3. The van der Waals surface area contributed by atoms with Gasteiger partial charge >= 0.3 is 6.03 Å². The van der Waals surface area contributed by atoms with Crippen molar-refractivity contribution in [1.82, 2.24) is 44.9 Å². The number of hydrogen-bond acceptors (Lipinski definition) is 8. The number of aliphatic hydroxyl groups excluding tert-OH is 2. The Morgan fingerprint density at radius 1 is 0.635 bits per heavy atom. The summed E-state index contributed by atoms with van der Waals surface area (Å²) in [6.07, 6.45) is 8.96. The number of aliphatic hydroxyl groups is 2. The first kappa shape index (κ1) is 44.1. The number of benzene rings is 2. The number of piperidine rings is 2. The molecule has 6 heterocycles. The minimum atomic E-state index is -0.658. The molecule has 334 valence electrons. The van der Waals surface area contributed by atoms with Crippen LogP contribution in [0.1, 0.15) is 114 Å². The molecule has 4 aromatic rings. The van der Waals surface area contributed by atoms with Crippen molar-refractivity contribution < 1.29 is 24.6 Å². The highest BCUT2D eigenvalue weighted by atomic mass is 16.3. The number of carbonyl (C=O) groups excluding carboxylic acids is 3. The lowest BCUT2D eigenvalue weighted by Crippen LogP contribution is -2.55. The van der Waals surface area contributed by atoms with Crippen molar-refractivity contribution in [2.45, 2.75) is 115 Å². The zero-order valence-corrected chi connectivity index (χ0v) is 37.1. The van der Waals surface area contributed by atoms with E-state index in [0.717, 1.165) is 90.6 Å². The van der Waals surface area contributed by atoms with Crippen LogP contribution >= 0.6 is 0 Å². The van der Waals surface area contributed by atoms with Crippen LogP contribution in [0.2, 0.25) is 0 Å². The van der Waals surface area contributed by atoms with Gasteiger partial charge in [0.25, 0.3) is 0 Å². The topological polar surface area (TPSA) is 174 Å². The smallest absolute Gasteiger partial charge is 0.318 e. The molecule has 0 spiro atoms. The van der Waals surface area contributed by atoms with Gasteiger partial charge in [0.1, 0.15) is 17.7 Å². The van der Waals surface area contributed by atoms with Crippen LogP contribution in [-0.4, -0.2) is 131 Å². The Bertz CT molecular complexity index is 2260. The fraction of sp³-hybridized carbons (Fsp3) is 0.531. The molecule has 0 aliphatic carbocycles. The number of rotatable bonds is 10. The van der Waals surface area contributed by atoms with Gasteiger partial charge in [-0.15, -0.1) is 0 Å². The molecule has 0 bridgehead atoms. The monoisotopic (exact) mass is 857 g/mol. The first-order valence-corrected chi connectivity index (χ1v) is 23.0. The van der Waals surface area contributed by atoms with E-state index >= 15 is 0 Å². The number of carbonyl (C=O) groups is 3. The quantitative estimate of drug-likeness (QED) is 0.123. The number of likely N-dealkylation sites (tertiary alicyclic amines) is 4. The lowest BCUT2D eigenvalue weighted by atomic mass is 9.96. The molecule has 14 heteroatoms. The summed E-state index contributed by atoms with van der Waals surface area (Å²) in [4.78, 5) is 65.3. The highest BCUT2D eigenvalue weighted by Crippen LogP contribution is 2.35. The van der Waals surface area contributed by atoms with E-state index in [0.29, 0.717) is 45.3 Å². The summed E-state index contributed by atoms with van der Waals surface area (Å²) in [6, 6.07) is 14.7. The van der Waals surface area contributed by atoms with Gasteiger partial charge < -0.3 is 40.2 Å². The van der Waals surface area contributed by atoms with Crippen LogP contribution < -0.4 is 5.32 Å². The molecule has 4 atom stereocenters. The number of urea groups is 1. The number of H-pyrrole nitrogens is 2. The van der Waals surface area contributed by atoms with Gasteiger partial charge in [0, 0.05) is 50.4 Å². The van der Waals surface area contributed by atoms with E-state index in [1.807, 2.05) is 84.6 Å². The Balaban J connectivity index is 0.870. The lowest BCUT2D eigenvalue weighted by Gasteiger charge is -2.40. The van der Waals surface area contributed by atoms with Gasteiger partial charge in [0.15, 0.2) is 0 Å². The average molecular weight is 858 g/mol. The zero-order chi connectivity index (χ0) is 44.2. The third kappa shape index (κ3) is 10.0. The van der Waals surface area contributed by atoms with E-state index < -0.39 is 6.04 Å². The number of imidazole rings is 2. The SMILES string of the molecule is CC(C)[C@@H](NC(=O)N1CCC(O)CC1)C(=O)N1CCC[C@H]1c1ncc(-c2ccc(C#Cc3ccc(-c4cnc([C@@H]5CCCN5C(=O)[C@@H](C(C)C)N5CCC(O)CC5)[nH]4)cc3)cc2)[nH]1. The standard InChI is InChI=1S/C49H63N9O5/c1-31(2)43(54-49(63)56-27-21-38(60)22-28-56)47(61)57-23-5-7-41(57)45-50-29-39(52-45)35-15-11-33(12-16-35)9-10-34-13-17-36(18-14-34)40-30-51-46(53-40)42-8-6-24-58(42)48(62)44(32(3)4)55-25-19-37(59)20-26-55/h11-18,29-32,37-38,41-44,59-60H,5-8,19-28H2,1-4H3,(H,50,52)(H,51,53)(H,54,63)/t41-,42-,43+,44+/m0/s1. The number of nitrogens with zero attached hydrogens (tertiary/aromatic N) is 6. The van der Waals surface area contributed by atoms with Crippen LogP contribution in [0.3, 0.4) is 0 Å². The highest BCUT2D eigenvalue weighted by molar-refractivity contribution is 5.88. The van der Waals surface area contributed by atoms with Gasteiger partial charge in [-0.25, -0.2) is 14.8 Å². The summed E-state index contributed by atoms with van der Waals surface area (Å²) in [5.41, 5.74) is 5.48. The van der Waals surface area contributed by atoms with Gasteiger partial charge in [0.05, 0.1) is 54.1 Å². The fourth-order valence-electron chi connectivity index (χ4n) is 9.73. The zero-order valence-electron chi connectivity index (χ0n) is 37.1. The summed E-state index contributed by atoms with van der Waals surface area (Å²) < 4.78 is 0. The number of hydrogen-bond donors (Lipinski definition) is 5. The fourth-order valence-corrected chi connectivity index (χ4v) is 9.73. The van der Waals surface area contributed by atoms with Crippen LogP contribution in [-0.2, 0) is 9.59 Å². The molecule has 14 nitrogen and oxygen atoms in total. The largest absolute Gasteiger partial charge is 0.393 e. The molecule has 4 saturated heterocycles. The normalized spacial score (nSPS) is 21.2. The maximum absolute atomic E-state index is 14.0. The van der Waals surface area contributed by atoms with Crippen LogP contribution in [0, 0.1) is 23.7 Å². The summed E-state index contributed by atoms with van der Waals surface area (Å²) >= 11 is 0. The molecule has 8 rings (SSSR count). The molecule has 0 saturated carbocycles. The molecule has 4 fully saturated rings. The van der Waals surface area contributed by atoms with Crippen molar-refractivity contribution in [2.24, 2.45) is 11.8 Å². The van der Waals surface area contributed by atoms with E-state index in [9.17, 15) is 24.6 Å². The summed E-state index contributed by atoms with van der Waals surface area (Å²) in [6.45, 7) is 11.9. The van der Waals surface area contributed by atoms with Gasteiger partial charge in [-0.05, 0) is 98.6 Å². The molecule has 2 aromatic heterocycles. The molecule has 5 N–H and O–H groups in total. The lowest BCUT2D eigenvalue weighted by molar-refractivity contribution is -0.141.